The number of nitrogens with zero attached hydrogens (tertiary/aromatic N) is 3. The molecule has 1 aromatic heterocycles. The second-order valence-corrected chi connectivity index (χ2v) is 7.52. The third-order valence-corrected chi connectivity index (χ3v) is 5.26. The van der Waals surface area contributed by atoms with Crippen LogP contribution in [0.1, 0.15) is 30.9 Å². The Kier molecular flexibility index (Phi) is 6.65. The number of carbonyl (C=O) groups is 1. The van der Waals surface area contributed by atoms with Gasteiger partial charge in [-0.3, -0.25) is 9.59 Å². The Morgan fingerprint density at radius 2 is 2.00 bits per heavy atom. The number of hydrogen-bond acceptors (Lipinski definition) is 4. The van der Waals surface area contributed by atoms with E-state index in [-0.39, 0.29) is 18.0 Å². The molecule has 6 heteroatoms. The summed E-state index contributed by atoms with van der Waals surface area (Å²) in [5.74, 6) is 1.16. The van der Waals surface area contributed by atoms with Crippen molar-refractivity contribution in [2.45, 2.75) is 32.7 Å². The first-order valence-corrected chi connectivity index (χ1v) is 9.99. The summed E-state index contributed by atoms with van der Waals surface area (Å²) in [6, 6.07) is 8.85. The molecule has 2 heterocycles. The molecule has 1 aliphatic rings. The first-order valence-electron chi connectivity index (χ1n) is 9.99. The minimum Gasteiger partial charge on any atom is -0.355 e. The predicted octanol–water partition coefficient (Wildman–Crippen LogP) is 3.49. The maximum atomic E-state index is 12.5. The molecule has 0 spiro atoms. The van der Waals surface area contributed by atoms with E-state index in [9.17, 15) is 9.59 Å². The van der Waals surface area contributed by atoms with Crippen molar-refractivity contribution in [3.63, 3.8) is 0 Å². The second kappa shape index (κ2) is 9.37. The number of rotatable bonds is 7. The monoisotopic (exact) mass is 392 g/mol. The Morgan fingerprint density at radius 3 is 2.69 bits per heavy atom. The van der Waals surface area contributed by atoms with Gasteiger partial charge in [-0.25, -0.2) is 4.68 Å². The zero-order valence-electron chi connectivity index (χ0n) is 16.9. The summed E-state index contributed by atoms with van der Waals surface area (Å²) in [4.78, 5) is 26.9. The maximum absolute atomic E-state index is 12.5. The predicted molar refractivity (Wildman–Crippen MR) is 118 cm³/mol. The number of nitrogens with one attached hydrogen (secondary N) is 1. The van der Waals surface area contributed by atoms with Crippen LogP contribution in [0.3, 0.4) is 0 Å². The summed E-state index contributed by atoms with van der Waals surface area (Å²) < 4.78 is 1.23. The van der Waals surface area contributed by atoms with Crippen LogP contribution in [0.5, 0.6) is 0 Å². The van der Waals surface area contributed by atoms with E-state index in [2.05, 4.69) is 35.4 Å². The molecule has 1 aromatic carbocycles. The molecule has 2 aromatic rings. The summed E-state index contributed by atoms with van der Waals surface area (Å²) in [7, 11) is 0. The van der Waals surface area contributed by atoms with Gasteiger partial charge in [0.2, 0.25) is 5.91 Å². The van der Waals surface area contributed by atoms with Gasteiger partial charge >= 0.3 is 0 Å². The lowest BCUT2D eigenvalue weighted by atomic mass is 9.99. The molecule has 152 valence electrons. The van der Waals surface area contributed by atoms with Gasteiger partial charge in [-0.1, -0.05) is 31.7 Å². The minimum absolute atomic E-state index is 0.128. The highest BCUT2D eigenvalue weighted by Gasteiger charge is 2.18. The molecule has 0 saturated carbocycles. The van der Waals surface area contributed by atoms with E-state index in [0.29, 0.717) is 18.0 Å². The molecule has 3 rings (SSSR count). The van der Waals surface area contributed by atoms with Crippen LogP contribution in [0.2, 0.25) is 0 Å². The Bertz CT molecular complexity index is 956. The summed E-state index contributed by atoms with van der Waals surface area (Å²) in [5.41, 5.74) is 2.42. The van der Waals surface area contributed by atoms with Gasteiger partial charge < -0.3 is 10.2 Å². The number of piperidine rings is 1. The average Bonchev–Trinajstić information content (AvgIpc) is 2.71. The Balaban J connectivity index is 1.71. The first-order chi connectivity index (χ1) is 14.0. The number of aromatic nitrogens is 2. The van der Waals surface area contributed by atoms with Crippen LogP contribution in [0.25, 0.3) is 6.08 Å². The standard InChI is InChI=1S/C23H28N4O2/c1-4-6-19-15-20(8-7-18(19)5-2)24-22(28)16-27-23(29)10-9-21(25-27)26-13-11-17(3)12-14-26/h4-5,7-10,15,17H,1-2,6,11-14,16H2,3H3,(H,24,28). The van der Waals surface area contributed by atoms with Gasteiger partial charge in [0.15, 0.2) is 0 Å². The maximum Gasteiger partial charge on any atom is 0.267 e. The highest BCUT2D eigenvalue weighted by molar-refractivity contribution is 5.90. The Hall–Kier alpha value is -3.15. The van der Waals surface area contributed by atoms with Crippen molar-refractivity contribution in [1.29, 1.82) is 0 Å². The number of benzene rings is 1. The third-order valence-electron chi connectivity index (χ3n) is 5.26. The molecule has 0 aliphatic carbocycles. The lowest BCUT2D eigenvalue weighted by Crippen LogP contribution is -2.36. The van der Waals surface area contributed by atoms with Gasteiger partial charge in [-0.15, -0.1) is 6.58 Å². The van der Waals surface area contributed by atoms with Crippen molar-refractivity contribution in [1.82, 2.24) is 9.78 Å². The molecule has 29 heavy (non-hydrogen) atoms. The molecule has 0 unspecified atom stereocenters. The summed E-state index contributed by atoms with van der Waals surface area (Å²) in [5, 5.41) is 7.27. The molecule has 0 atom stereocenters. The average molecular weight is 393 g/mol. The van der Waals surface area contributed by atoms with E-state index in [1.807, 2.05) is 24.3 Å². The van der Waals surface area contributed by atoms with Crippen LogP contribution in [0.15, 0.2) is 54.4 Å². The lowest BCUT2D eigenvalue weighted by Gasteiger charge is -2.31. The van der Waals surface area contributed by atoms with Gasteiger partial charge in [-0.2, -0.15) is 5.10 Å². The SMILES string of the molecule is C=CCc1cc(NC(=O)Cn2nc(N3CCC(C)CC3)ccc2=O)ccc1C=C. The van der Waals surface area contributed by atoms with E-state index < -0.39 is 0 Å². The van der Waals surface area contributed by atoms with Gasteiger partial charge in [0, 0.05) is 24.8 Å². The van der Waals surface area contributed by atoms with Crippen molar-refractivity contribution in [3.05, 3.63) is 71.0 Å². The normalized spacial score (nSPS) is 14.4. The second-order valence-electron chi connectivity index (χ2n) is 7.52. The largest absolute Gasteiger partial charge is 0.355 e. The fourth-order valence-electron chi connectivity index (χ4n) is 3.51. The van der Waals surface area contributed by atoms with Crippen molar-refractivity contribution >= 4 is 23.5 Å². The molecule has 1 fully saturated rings. The minimum atomic E-state index is -0.292. The number of hydrogen-bond donors (Lipinski definition) is 1. The molecule has 6 nitrogen and oxygen atoms in total. The van der Waals surface area contributed by atoms with E-state index in [4.69, 9.17) is 0 Å². The Morgan fingerprint density at radius 1 is 1.24 bits per heavy atom. The molecular weight excluding hydrogens is 364 g/mol. The van der Waals surface area contributed by atoms with Crippen molar-refractivity contribution in [3.8, 4) is 0 Å². The van der Waals surface area contributed by atoms with E-state index in [1.165, 1.54) is 10.7 Å². The Labute approximate surface area is 171 Å². The number of carbonyl (C=O) groups excluding carboxylic acids is 1. The molecule has 1 aliphatic heterocycles. The molecule has 1 saturated heterocycles. The highest BCUT2D eigenvalue weighted by Crippen LogP contribution is 2.20. The van der Waals surface area contributed by atoms with Crippen molar-refractivity contribution in [2.75, 3.05) is 23.3 Å². The van der Waals surface area contributed by atoms with E-state index in [1.54, 1.807) is 12.1 Å². The van der Waals surface area contributed by atoms with E-state index in [0.717, 1.165) is 42.9 Å². The van der Waals surface area contributed by atoms with Gasteiger partial charge in [0.25, 0.3) is 5.56 Å². The summed E-state index contributed by atoms with van der Waals surface area (Å²) in [6.45, 7) is 11.5. The van der Waals surface area contributed by atoms with Gasteiger partial charge in [0.1, 0.15) is 12.4 Å². The molecule has 1 N–H and O–H groups in total. The molecular formula is C23H28N4O2. The molecule has 0 bridgehead atoms. The van der Waals surface area contributed by atoms with Crippen LogP contribution in [0, 0.1) is 5.92 Å². The molecule has 0 radical (unpaired) electrons. The summed E-state index contributed by atoms with van der Waals surface area (Å²) >= 11 is 0. The lowest BCUT2D eigenvalue weighted by molar-refractivity contribution is -0.117. The van der Waals surface area contributed by atoms with Crippen molar-refractivity contribution in [2.24, 2.45) is 5.92 Å². The van der Waals surface area contributed by atoms with Gasteiger partial charge in [0.05, 0.1) is 0 Å². The molecule has 1 amide bonds. The summed E-state index contributed by atoms with van der Waals surface area (Å²) in [6.07, 6.45) is 6.48. The third kappa shape index (κ3) is 5.22. The van der Waals surface area contributed by atoms with Crippen LogP contribution in [-0.2, 0) is 17.8 Å². The fourth-order valence-corrected chi connectivity index (χ4v) is 3.51. The highest BCUT2D eigenvalue weighted by atomic mass is 16.2. The van der Waals surface area contributed by atoms with Gasteiger partial charge in [-0.05, 0) is 54.5 Å². The zero-order valence-corrected chi connectivity index (χ0v) is 16.9. The van der Waals surface area contributed by atoms with Crippen LogP contribution >= 0.6 is 0 Å². The first kappa shape index (κ1) is 20.6. The van der Waals surface area contributed by atoms with Crippen molar-refractivity contribution < 1.29 is 4.79 Å². The smallest absolute Gasteiger partial charge is 0.267 e. The van der Waals surface area contributed by atoms with Crippen LogP contribution < -0.4 is 15.8 Å². The number of anilines is 2. The number of allylic oxidation sites excluding steroid dienone is 1. The number of amides is 1. The topological polar surface area (TPSA) is 67.2 Å². The fraction of sp³-hybridized carbons (Fsp3) is 0.348. The van der Waals surface area contributed by atoms with E-state index >= 15 is 0 Å². The van der Waals surface area contributed by atoms with Crippen LogP contribution in [0.4, 0.5) is 11.5 Å². The zero-order chi connectivity index (χ0) is 20.8. The van der Waals surface area contributed by atoms with Crippen LogP contribution in [-0.4, -0.2) is 28.8 Å². The quantitative estimate of drug-likeness (QED) is 0.733.